The maximum atomic E-state index is 13.3. The van der Waals surface area contributed by atoms with E-state index in [1.165, 1.54) is 6.20 Å². The van der Waals surface area contributed by atoms with Gasteiger partial charge in [0.25, 0.3) is 10.0 Å². The van der Waals surface area contributed by atoms with E-state index >= 15 is 0 Å². The standard InChI is InChI=1S/C25H31NO4SSi/c1-19-12-14-23(15-13-19)31(28,29)26-17-21(16-22(26)18-27)24(20-10-8-7-9-11-20)30-32(5,6)25(2,3)4/h7-18,24H,1-6H3. The molecule has 0 bridgehead atoms. The molecular weight excluding hydrogens is 438 g/mol. The van der Waals surface area contributed by atoms with Gasteiger partial charge in [0.1, 0.15) is 0 Å². The van der Waals surface area contributed by atoms with Crippen LogP contribution in [0.5, 0.6) is 0 Å². The monoisotopic (exact) mass is 469 g/mol. The third-order valence-corrected chi connectivity index (χ3v) is 12.3. The van der Waals surface area contributed by atoms with Gasteiger partial charge in [0, 0.05) is 11.8 Å². The van der Waals surface area contributed by atoms with E-state index in [1.807, 2.05) is 37.3 Å². The largest absolute Gasteiger partial charge is 0.406 e. The normalized spacial score (nSPS) is 13.7. The summed E-state index contributed by atoms with van der Waals surface area (Å²) in [6, 6.07) is 17.9. The van der Waals surface area contributed by atoms with E-state index < -0.39 is 24.4 Å². The molecule has 5 nitrogen and oxygen atoms in total. The molecule has 2 aromatic carbocycles. The van der Waals surface area contributed by atoms with Crippen molar-refractivity contribution in [2.24, 2.45) is 0 Å². The molecule has 0 N–H and O–H groups in total. The van der Waals surface area contributed by atoms with E-state index in [9.17, 15) is 13.2 Å². The number of carbonyl (C=O) groups is 1. The van der Waals surface area contributed by atoms with Gasteiger partial charge in [0.2, 0.25) is 0 Å². The number of aromatic nitrogens is 1. The quantitative estimate of drug-likeness (QED) is 0.316. The predicted molar refractivity (Wildman–Crippen MR) is 130 cm³/mol. The summed E-state index contributed by atoms with van der Waals surface area (Å²) in [6.45, 7) is 12.7. The Hall–Kier alpha value is -2.48. The first kappa shape index (κ1) is 24.2. The Morgan fingerprint density at radius 2 is 1.56 bits per heavy atom. The molecule has 32 heavy (non-hydrogen) atoms. The van der Waals surface area contributed by atoms with E-state index in [0.717, 1.165) is 15.1 Å². The highest BCUT2D eigenvalue weighted by molar-refractivity contribution is 7.90. The molecule has 0 aliphatic carbocycles. The van der Waals surface area contributed by atoms with E-state index in [4.69, 9.17) is 4.43 Å². The molecule has 0 fully saturated rings. The van der Waals surface area contributed by atoms with Gasteiger partial charge in [-0.15, -0.1) is 0 Å². The van der Waals surface area contributed by atoms with Crippen LogP contribution in [-0.2, 0) is 14.4 Å². The summed E-state index contributed by atoms with van der Waals surface area (Å²) in [5, 5.41) is -0.0376. The van der Waals surface area contributed by atoms with Crippen LogP contribution in [0.15, 0.2) is 71.8 Å². The number of hydrogen-bond acceptors (Lipinski definition) is 4. The average Bonchev–Trinajstić information content (AvgIpc) is 3.17. The van der Waals surface area contributed by atoms with Crippen LogP contribution in [0.2, 0.25) is 18.1 Å². The second kappa shape index (κ2) is 8.81. The van der Waals surface area contributed by atoms with Gasteiger partial charge in [-0.25, -0.2) is 12.4 Å². The summed E-state index contributed by atoms with van der Waals surface area (Å²) in [7, 11) is -6.14. The Bertz CT molecular complexity index is 1190. The molecule has 0 spiro atoms. The first-order valence-electron chi connectivity index (χ1n) is 10.6. The molecule has 1 heterocycles. The van der Waals surface area contributed by atoms with Crippen LogP contribution in [0.1, 0.15) is 54.1 Å². The molecule has 7 heteroatoms. The molecule has 1 aromatic heterocycles. The summed E-state index contributed by atoms with van der Waals surface area (Å²) in [5.74, 6) is 0. The van der Waals surface area contributed by atoms with Crippen LogP contribution in [0, 0.1) is 6.92 Å². The summed E-state index contributed by atoms with van der Waals surface area (Å²) < 4.78 is 34.4. The summed E-state index contributed by atoms with van der Waals surface area (Å²) >= 11 is 0. The van der Waals surface area contributed by atoms with E-state index in [0.29, 0.717) is 11.8 Å². The molecule has 0 aliphatic rings. The first-order chi connectivity index (χ1) is 14.9. The van der Waals surface area contributed by atoms with E-state index in [2.05, 4.69) is 33.9 Å². The lowest BCUT2D eigenvalue weighted by atomic mass is 10.0. The zero-order chi connectivity index (χ0) is 23.7. The Morgan fingerprint density at radius 3 is 2.09 bits per heavy atom. The van der Waals surface area contributed by atoms with Gasteiger partial charge in [-0.1, -0.05) is 68.8 Å². The first-order valence-corrected chi connectivity index (χ1v) is 14.9. The number of rotatable bonds is 7. The maximum Gasteiger partial charge on any atom is 0.268 e. The third-order valence-electron chi connectivity index (χ3n) is 6.16. The van der Waals surface area contributed by atoms with Gasteiger partial charge < -0.3 is 4.43 Å². The number of hydrogen-bond donors (Lipinski definition) is 0. The van der Waals surface area contributed by atoms with Gasteiger partial charge in [0.15, 0.2) is 14.6 Å². The minimum absolute atomic E-state index is 0.0376. The molecule has 1 atom stereocenters. The van der Waals surface area contributed by atoms with Gasteiger partial charge >= 0.3 is 0 Å². The average molecular weight is 470 g/mol. The minimum atomic E-state index is -3.92. The van der Waals surface area contributed by atoms with Gasteiger partial charge in [-0.05, 0) is 48.8 Å². The topological polar surface area (TPSA) is 65.4 Å². The highest BCUT2D eigenvalue weighted by Crippen LogP contribution is 2.42. The van der Waals surface area contributed by atoms with Crippen LogP contribution >= 0.6 is 0 Å². The molecule has 3 rings (SSSR count). The second-order valence-corrected chi connectivity index (χ2v) is 16.2. The van der Waals surface area contributed by atoms with Crippen molar-refractivity contribution in [1.29, 1.82) is 0 Å². The van der Waals surface area contributed by atoms with Crippen LogP contribution in [0.4, 0.5) is 0 Å². The van der Waals surface area contributed by atoms with Crippen LogP contribution < -0.4 is 0 Å². The van der Waals surface area contributed by atoms with Gasteiger partial charge in [-0.2, -0.15) is 0 Å². The number of aldehydes is 1. The summed E-state index contributed by atoms with van der Waals surface area (Å²) in [5.41, 5.74) is 2.58. The molecule has 0 aliphatic heterocycles. The zero-order valence-electron chi connectivity index (χ0n) is 19.5. The highest BCUT2D eigenvalue weighted by atomic mass is 32.2. The lowest BCUT2D eigenvalue weighted by molar-refractivity contribution is 0.111. The molecule has 0 radical (unpaired) electrons. The molecule has 170 valence electrons. The fourth-order valence-electron chi connectivity index (χ4n) is 3.17. The van der Waals surface area contributed by atoms with Gasteiger partial charge in [-0.3, -0.25) is 4.79 Å². The Kier molecular flexibility index (Phi) is 6.65. The molecule has 0 saturated carbocycles. The summed E-state index contributed by atoms with van der Waals surface area (Å²) in [6.07, 6.45) is 1.61. The number of aryl methyl sites for hydroxylation is 1. The lowest BCUT2D eigenvalue weighted by Gasteiger charge is -2.39. The summed E-state index contributed by atoms with van der Waals surface area (Å²) in [4.78, 5) is 12.0. The maximum absolute atomic E-state index is 13.3. The van der Waals surface area contributed by atoms with Crippen molar-refractivity contribution in [3.8, 4) is 0 Å². The number of carbonyl (C=O) groups excluding carboxylic acids is 1. The van der Waals surface area contributed by atoms with Gasteiger partial charge in [0.05, 0.1) is 16.7 Å². The smallest absolute Gasteiger partial charge is 0.268 e. The molecule has 1 unspecified atom stereocenters. The number of nitrogens with zero attached hydrogens (tertiary/aromatic N) is 1. The minimum Gasteiger partial charge on any atom is -0.406 e. The fraction of sp³-hybridized carbons (Fsp3) is 0.320. The van der Waals surface area contributed by atoms with Crippen molar-refractivity contribution in [1.82, 2.24) is 3.97 Å². The Morgan fingerprint density at radius 1 is 0.969 bits per heavy atom. The van der Waals surface area contributed by atoms with E-state index in [1.54, 1.807) is 30.3 Å². The SMILES string of the molecule is Cc1ccc(S(=O)(=O)n2cc(C(O[Si](C)(C)C(C)(C)C)c3ccccc3)cc2C=O)cc1. The zero-order valence-corrected chi connectivity index (χ0v) is 21.3. The van der Waals surface area contributed by atoms with Crippen LogP contribution in [0.25, 0.3) is 0 Å². The lowest BCUT2D eigenvalue weighted by Crippen LogP contribution is -2.42. The van der Waals surface area contributed by atoms with Crippen LogP contribution in [-0.4, -0.2) is 27.0 Å². The fourth-order valence-corrected chi connectivity index (χ4v) is 5.73. The Balaban J connectivity index is 2.14. The van der Waals surface area contributed by atoms with Crippen molar-refractivity contribution in [3.63, 3.8) is 0 Å². The predicted octanol–water partition coefficient (Wildman–Crippen LogP) is 5.96. The molecule has 3 aromatic rings. The van der Waals surface area contributed by atoms with Crippen molar-refractivity contribution in [2.45, 2.75) is 56.8 Å². The number of benzene rings is 2. The van der Waals surface area contributed by atoms with Crippen molar-refractivity contribution in [3.05, 3.63) is 89.2 Å². The second-order valence-electron chi connectivity index (χ2n) is 9.60. The Labute approximate surface area is 192 Å². The van der Waals surface area contributed by atoms with Crippen molar-refractivity contribution < 1.29 is 17.6 Å². The van der Waals surface area contributed by atoms with E-state index in [-0.39, 0.29) is 15.6 Å². The van der Waals surface area contributed by atoms with Crippen molar-refractivity contribution in [2.75, 3.05) is 0 Å². The highest BCUT2D eigenvalue weighted by Gasteiger charge is 2.40. The van der Waals surface area contributed by atoms with Crippen molar-refractivity contribution >= 4 is 24.6 Å². The third kappa shape index (κ3) is 4.80. The van der Waals surface area contributed by atoms with Crippen LogP contribution in [0.3, 0.4) is 0 Å². The molecule has 0 amide bonds. The molecular formula is C25H31NO4SSi. The molecule has 0 saturated heterocycles.